The number of halogens is 2. The summed E-state index contributed by atoms with van der Waals surface area (Å²) in [7, 11) is -3.82. The quantitative estimate of drug-likeness (QED) is 0.880. The SMILES string of the molecule is NCC1CCCN(S(=O)(=O)Nc2cc(F)cc(F)c2)C1. The number of nitrogens with zero attached hydrogens (tertiary/aromatic N) is 1. The molecule has 1 atom stereocenters. The lowest BCUT2D eigenvalue weighted by Gasteiger charge is -2.31. The highest BCUT2D eigenvalue weighted by molar-refractivity contribution is 7.90. The molecule has 0 amide bonds. The van der Waals surface area contributed by atoms with Crippen LogP contribution in [0.15, 0.2) is 18.2 Å². The van der Waals surface area contributed by atoms with Crippen LogP contribution in [0.4, 0.5) is 14.5 Å². The van der Waals surface area contributed by atoms with Gasteiger partial charge < -0.3 is 5.73 Å². The van der Waals surface area contributed by atoms with Crippen LogP contribution in [0.25, 0.3) is 0 Å². The molecule has 8 heteroatoms. The van der Waals surface area contributed by atoms with Gasteiger partial charge in [-0.25, -0.2) is 8.78 Å². The first-order valence-corrected chi connectivity index (χ1v) is 7.79. The fourth-order valence-electron chi connectivity index (χ4n) is 2.26. The topological polar surface area (TPSA) is 75.4 Å². The normalized spacial score (nSPS) is 20.9. The second kappa shape index (κ2) is 6.02. The van der Waals surface area contributed by atoms with Gasteiger partial charge in [-0.2, -0.15) is 12.7 Å². The van der Waals surface area contributed by atoms with E-state index in [0.29, 0.717) is 25.7 Å². The van der Waals surface area contributed by atoms with Crippen LogP contribution in [0, 0.1) is 17.6 Å². The molecule has 2 rings (SSSR count). The van der Waals surface area contributed by atoms with Crippen LogP contribution in [0.3, 0.4) is 0 Å². The lowest BCUT2D eigenvalue weighted by molar-refractivity contribution is 0.273. The fourth-order valence-corrected chi connectivity index (χ4v) is 3.59. The first kappa shape index (κ1) is 15.1. The predicted octanol–water partition coefficient (Wildman–Crippen LogP) is 1.29. The summed E-state index contributed by atoms with van der Waals surface area (Å²) in [5.41, 5.74) is 5.43. The highest BCUT2D eigenvalue weighted by Gasteiger charge is 2.28. The van der Waals surface area contributed by atoms with Gasteiger partial charge in [0.25, 0.3) is 0 Å². The molecule has 1 aromatic rings. The van der Waals surface area contributed by atoms with E-state index < -0.39 is 21.8 Å². The molecule has 0 aliphatic carbocycles. The zero-order valence-electron chi connectivity index (χ0n) is 10.9. The van der Waals surface area contributed by atoms with Gasteiger partial charge in [-0.1, -0.05) is 0 Å². The second-order valence-electron chi connectivity index (χ2n) is 4.87. The summed E-state index contributed by atoms with van der Waals surface area (Å²) < 4.78 is 53.9. The number of nitrogens with two attached hydrogens (primary N) is 1. The van der Waals surface area contributed by atoms with Gasteiger partial charge in [0.1, 0.15) is 11.6 Å². The van der Waals surface area contributed by atoms with Crippen LogP contribution in [0.2, 0.25) is 0 Å². The van der Waals surface area contributed by atoms with Crippen molar-refractivity contribution >= 4 is 15.9 Å². The van der Waals surface area contributed by atoms with Crippen molar-refractivity contribution in [3.8, 4) is 0 Å². The van der Waals surface area contributed by atoms with Crippen LogP contribution >= 0.6 is 0 Å². The third-order valence-electron chi connectivity index (χ3n) is 3.26. The molecule has 0 saturated carbocycles. The summed E-state index contributed by atoms with van der Waals surface area (Å²) in [5.74, 6) is -1.55. The smallest absolute Gasteiger partial charge is 0.301 e. The summed E-state index contributed by atoms with van der Waals surface area (Å²) in [5, 5.41) is 0. The number of hydrogen-bond donors (Lipinski definition) is 2. The Morgan fingerprint density at radius 3 is 2.55 bits per heavy atom. The fraction of sp³-hybridized carbons (Fsp3) is 0.500. The van der Waals surface area contributed by atoms with Crippen molar-refractivity contribution in [3.63, 3.8) is 0 Å². The lowest BCUT2D eigenvalue weighted by atomic mass is 10.0. The van der Waals surface area contributed by atoms with E-state index in [4.69, 9.17) is 5.73 Å². The van der Waals surface area contributed by atoms with E-state index in [1.165, 1.54) is 4.31 Å². The van der Waals surface area contributed by atoms with Gasteiger partial charge in [0.15, 0.2) is 0 Å². The van der Waals surface area contributed by atoms with Gasteiger partial charge in [0.2, 0.25) is 0 Å². The minimum Gasteiger partial charge on any atom is -0.330 e. The number of benzene rings is 1. The average Bonchev–Trinajstić information content (AvgIpc) is 2.37. The Hall–Kier alpha value is -1.25. The molecule has 1 aliphatic heterocycles. The van der Waals surface area contributed by atoms with Crippen molar-refractivity contribution in [3.05, 3.63) is 29.8 Å². The van der Waals surface area contributed by atoms with E-state index in [0.717, 1.165) is 25.0 Å². The molecule has 1 fully saturated rings. The minimum absolute atomic E-state index is 0.115. The molecule has 1 aliphatic rings. The first-order chi connectivity index (χ1) is 9.40. The minimum atomic E-state index is -3.82. The number of rotatable bonds is 4. The molecule has 1 aromatic carbocycles. The Bertz CT molecular complexity index is 560. The number of nitrogens with one attached hydrogen (secondary N) is 1. The molecule has 0 aromatic heterocycles. The molecule has 3 N–H and O–H groups in total. The van der Waals surface area contributed by atoms with E-state index >= 15 is 0 Å². The molecule has 0 spiro atoms. The van der Waals surface area contributed by atoms with Gasteiger partial charge in [0.05, 0.1) is 5.69 Å². The van der Waals surface area contributed by atoms with E-state index in [-0.39, 0.29) is 11.6 Å². The third-order valence-corrected chi connectivity index (χ3v) is 4.77. The molecular weight excluding hydrogens is 288 g/mol. The van der Waals surface area contributed by atoms with Crippen molar-refractivity contribution in [2.24, 2.45) is 11.7 Å². The van der Waals surface area contributed by atoms with Crippen LogP contribution in [0.5, 0.6) is 0 Å². The first-order valence-electron chi connectivity index (χ1n) is 6.35. The van der Waals surface area contributed by atoms with Crippen LogP contribution in [-0.2, 0) is 10.2 Å². The molecule has 1 unspecified atom stereocenters. The van der Waals surface area contributed by atoms with Crippen molar-refractivity contribution in [1.82, 2.24) is 4.31 Å². The summed E-state index contributed by atoms with van der Waals surface area (Å²) in [4.78, 5) is 0. The number of hydrogen-bond acceptors (Lipinski definition) is 3. The van der Waals surface area contributed by atoms with Crippen LogP contribution in [-0.4, -0.2) is 32.4 Å². The van der Waals surface area contributed by atoms with Gasteiger partial charge in [-0.05, 0) is 37.4 Å². The molecule has 1 heterocycles. The van der Waals surface area contributed by atoms with E-state index in [1.807, 2.05) is 0 Å². The maximum Gasteiger partial charge on any atom is 0.301 e. The summed E-state index contributed by atoms with van der Waals surface area (Å²) in [6.07, 6.45) is 1.61. The predicted molar refractivity (Wildman–Crippen MR) is 72.3 cm³/mol. The maximum atomic E-state index is 13.1. The molecule has 1 saturated heterocycles. The molecule has 5 nitrogen and oxygen atoms in total. The zero-order valence-corrected chi connectivity index (χ0v) is 11.7. The van der Waals surface area contributed by atoms with E-state index in [1.54, 1.807) is 0 Å². The molecule has 0 radical (unpaired) electrons. The Morgan fingerprint density at radius 2 is 1.95 bits per heavy atom. The zero-order chi connectivity index (χ0) is 14.8. The average molecular weight is 305 g/mol. The standard InChI is InChI=1S/C12H17F2N3O2S/c13-10-4-11(14)6-12(5-10)16-20(18,19)17-3-1-2-9(7-15)8-17/h4-6,9,16H,1-3,7-8,15H2. The third kappa shape index (κ3) is 3.65. The number of anilines is 1. The van der Waals surface area contributed by atoms with Gasteiger partial charge in [-0.15, -0.1) is 0 Å². The van der Waals surface area contributed by atoms with Gasteiger partial charge >= 0.3 is 10.2 Å². The van der Waals surface area contributed by atoms with Crippen LogP contribution < -0.4 is 10.5 Å². The van der Waals surface area contributed by atoms with E-state index in [2.05, 4.69) is 4.72 Å². The molecule has 112 valence electrons. The molecule has 0 bridgehead atoms. The Kier molecular flexibility index (Phi) is 4.56. The maximum absolute atomic E-state index is 13.1. The Morgan fingerprint density at radius 1 is 1.30 bits per heavy atom. The van der Waals surface area contributed by atoms with Crippen molar-refractivity contribution in [2.45, 2.75) is 12.8 Å². The van der Waals surface area contributed by atoms with E-state index in [9.17, 15) is 17.2 Å². The highest BCUT2D eigenvalue weighted by atomic mass is 32.2. The lowest BCUT2D eigenvalue weighted by Crippen LogP contribution is -2.44. The highest BCUT2D eigenvalue weighted by Crippen LogP contribution is 2.21. The molecule has 20 heavy (non-hydrogen) atoms. The van der Waals surface area contributed by atoms with Crippen LogP contribution in [0.1, 0.15) is 12.8 Å². The second-order valence-corrected chi connectivity index (χ2v) is 6.54. The summed E-state index contributed by atoms with van der Waals surface area (Å²) >= 11 is 0. The molecular formula is C12H17F2N3O2S. The van der Waals surface area contributed by atoms with Crippen molar-refractivity contribution < 1.29 is 17.2 Å². The Labute approximate surface area is 116 Å². The van der Waals surface area contributed by atoms with Gasteiger partial charge in [0, 0.05) is 19.2 Å². The van der Waals surface area contributed by atoms with Crippen molar-refractivity contribution in [2.75, 3.05) is 24.4 Å². The summed E-state index contributed by atoms with van der Waals surface area (Å²) in [6, 6.07) is 2.55. The monoisotopic (exact) mass is 305 g/mol. The Balaban J connectivity index is 2.14. The largest absolute Gasteiger partial charge is 0.330 e. The summed E-state index contributed by atoms with van der Waals surface area (Å²) in [6.45, 7) is 1.12. The number of piperidine rings is 1. The van der Waals surface area contributed by atoms with Crippen molar-refractivity contribution in [1.29, 1.82) is 0 Å². The van der Waals surface area contributed by atoms with Gasteiger partial charge in [-0.3, -0.25) is 4.72 Å².